The molecule has 3 rings (SSSR count). The molecule has 8 heteroatoms. The molecule has 0 radical (unpaired) electrons. The molecule has 0 spiro atoms. The SMILES string of the molecule is CNCCCOc1cc2c(cc1Cl)-c1cc(=O)c(C(=O)O)cn1[C@H](C(C)(C)COC)C2. The zero-order valence-corrected chi connectivity index (χ0v) is 19.1. The van der Waals surface area contributed by atoms with Gasteiger partial charge in [0.1, 0.15) is 11.3 Å². The number of nitrogens with one attached hydrogen (secondary N) is 1. The van der Waals surface area contributed by atoms with Gasteiger partial charge in [-0.1, -0.05) is 25.4 Å². The molecule has 168 valence electrons. The molecule has 1 atom stereocenters. The van der Waals surface area contributed by atoms with Crippen LogP contribution < -0.4 is 15.5 Å². The zero-order chi connectivity index (χ0) is 22.8. The highest BCUT2D eigenvalue weighted by molar-refractivity contribution is 6.32. The fourth-order valence-corrected chi connectivity index (χ4v) is 4.37. The lowest BCUT2D eigenvalue weighted by molar-refractivity contribution is 0.0615. The number of hydrogen-bond donors (Lipinski definition) is 2. The highest BCUT2D eigenvalue weighted by Crippen LogP contribution is 2.45. The molecule has 1 aromatic heterocycles. The molecule has 0 saturated carbocycles. The molecule has 2 heterocycles. The first-order chi connectivity index (χ1) is 14.7. The molecule has 31 heavy (non-hydrogen) atoms. The predicted molar refractivity (Wildman–Crippen MR) is 121 cm³/mol. The number of halogens is 1. The number of rotatable bonds is 9. The number of aromatic nitrogens is 1. The topological polar surface area (TPSA) is 89.8 Å². The van der Waals surface area contributed by atoms with Crippen molar-refractivity contribution >= 4 is 17.6 Å². The van der Waals surface area contributed by atoms with Gasteiger partial charge in [-0.25, -0.2) is 4.79 Å². The minimum Gasteiger partial charge on any atom is -0.492 e. The Balaban J connectivity index is 2.12. The number of benzene rings is 1. The van der Waals surface area contributed by atoms with E-state index in [1.165, 1.54) is 12.3 Å². The summed E-state index contributed by atoms with van der Waals surface area (Å²) < 4.78 is 13.2. The average molecular weight is 449 g/mol. The highest BCUT2D eigenvalue weighted by atomic mass is 35.5. The summed E-state index contributed by atoms with van der Waals surface area (Å²) in [6, 6.07) is 5.01. The molecule has 7 nitrogen and oxygen atoms in total. The summed E-state index contributed by atoms with van der Waals surface area (Å²) in [7, 11) is 3.54. The zero-order valence-electron chi connectivity index (χ0n) is 18.3. The number of carboxylic acids is 1. The maximum atomic E-state index is 12.5. The lowest BCUT2D eigenvalue weighted by Crippen LogP contribution is -2.37. The van der Waals surface area contributed by atoms with Crippen molar-refractivity contribution in [1.82, 2.24) is 9.88 Å². The van der Waals surface area contributed by atoms with Crippen LogP contribution in [0.1, 0.15) is 42.2 Å². The number of pyridine rings is 1. The van der Waals surface area contributed by atoms with E-state index in [4.69, 9.17) is 21.1 Å². The molecule has 0 saturated heterocycles. The van der Waals surface area contributed by atoms with Crippen molar-refractivity contribution in [3.8, 4) is 17.0 Å². The monoisotopic (exact) mass is 448 g/mol. The summed E-state index contributed by atoms with van der Waals surface area (Å²) in [4.78, 5) is 24.1. The number of carbonyl (C=O) groups is 1. The van der Waals surface area contributed by atoms with Gasteiger partial charge in [-0.3, -0.25) is 4.79 Å². The number of hydrogen-bond acceptors (Lipinski definition) is 5. The number of aromatic carboxylic acids is 1. The second-order valence-electron chi connectivity index (χ2n) is 8.54. The molecule has 1 aromatic carbocycles. The second kappa shape index (κ2) is 9.42. The highest BCUT2D eigenvalue weighted by Gasteiger charge is 2.37. The molecule has 0 unspecified atom stereocenters. The van der Waals surface area contributed by atoms with Gasteiger partial charge in [-0.05, 0) is 44.1 Å². The molecule has 1 aliphatic heterocycles. The van der Waals surface area contributed by atoms with Gasteiger partial charge in [-0.15, -0.1) is 0 Å². The molecule has 0 aliphatic carbocycles. The van der Waals surface area contributed by atoms with Crippen LogP contribution in [-0.2, 0) is 11.2 Å². The van der Waals surface area contributed by atoms with Crippen LogP contribution in [0.4, 0.5) is 0 Å². The Labute approximate surface area is 186 Å². The fraction of sp³-hybridized carbons (Fsp3) is 0.478. The predicted octanol–water partition coefficient (Wildman–Crippen LogP) is 3.63. The lowest BCUT2D eigenvalue weighted by Gasteiger charge is -2.40. The molecular formula is C23H29ClN2O5. The van der Waals surface area contributed by atoms with E-state index in [2.05, 4.69) is 19.2 Å². The van der Waals surface area contributed by atoms with Crippen LogP contribution in [0.15, 0.2) is 29.2 Å². The first kappa shape index (κ1) is 23.3. The van der Waals surface area contributed by atoms with Crippen LogP contribution in [0.5, 0.6) is 5.75 Å². The van der Waals surface area contributed by atoms with Gasteiger partial charge in [0, 0.05) is 36.4 Å². The summed E-state index contributed by atoms with van der Waals surface area (Å²) in [6.07, 6.45) is 2.93. The van der Waals surface area contributed by atoms with Gasteiger partial charge in [0.2, 0.25) is 0 Å². The molecule has 2 aromatic rings. The number of methoxy groups -OCH3 is 1. The van der Waals surface area contributed by atoms with Crippen LogP contribution in [0, 0.1) is 5.41 Å². The van der Waals surface area contributed by atoms with Gasteiger partial charge in [-0.2, -0.15) is 0 Å². The first-order valence-corrected chi connectivity index (χ1v) is 10.7. The Hall–Kier alpha value is -2.35. The van der Waals surface area contributed by atoms with Crippen LogP contribution >= 0.6 is 11.6 Å². The fourth-order valence-electron chi connectivity index (χ4n) is 4.16. The van der Waals surface area contributed by atoms with Crippen molar-refractivity contribution in [2.45, 2.75) is 32.7 Å². The summed E-state index contributed by atoms with van der Waals surface area (Å²) in [5, 5.41) is 13.0. The van der Waals surface area contributed by atoms with Crippen molar-refractivity contribution in [2.24, 2.45) is 5.41 Å². The molecular weight excluding hydrogens is 420 g/mol. The van der Waals surface area contributed by atoms with Crippen LogP contribution in [0.3, 0.4) is 0 Å². The van der Waals surface area contributed by atoms with E-state index in [-0.39, 0.29) is 17.0 Å². The third-order valence-electron chi connectivity index (χ3n) is 5.74. The van der Waals surface area contributed by atoms with Crippen LogP contribution in [-0.4, -0.2) is 49.6 Å². The molecule has 0 amide bonds. The molecule has 1 aliphatic rings. The van der Waals surface area contributed by atoms with E-state index >= 15 is 0 Å². The summed E-state index contributed by atoms with van der Waals surface area (Å²) in [5.41, 5.74) is 1.36. The summed E-state index contributed by atoms with van der Waals surface area (Å²) >= 11 is 6.50. The molecule has 0 fully saturated rings. The molecule has 0 bridgehead atoms. The van der Waals surface area contributed by atoms with Gasteiger partial charge < -0.3 is 24.5 Å². The number of carboxylic acid groups (broad SMARTS) is 1. The smallest absolute Gasteiger partial charge is 0.341 e. The van der Waals surface area contributed by atoms with Crippen molar-refractivity contribution in [3.05, 3.63) is 50.8 Å². The van der Waals surface area contributed by atoms with Crippen molar-refractivity contribution in [2.75, 3.05) is 33.9 Å². The minimum absolute atomic E-state index is 0.119. The maximum Gasteiger partial charge on any atom is 0.341 e. The Morgan fingerprint density at radius 2 is 2.10 bits per heavy atom. The van der Waals surface area contributed by atoms with E-state index in [1.807, 2.05) is 17.7 Å². The molecule has 2 N–H and O–H groups in total. The minimum atomic E-state index is -1.24. The quantitative estimate of drug-likeness (QED) is 0.569. The Morgan fingerprint density at radius 1 is 1.35 bits per heavy atom. The summed E-state index contributed by atoms with van der Waals surface area (Å²) in [5.74, 6) is -0.629. The van der Waals surface area contributed by atoms with Crippen LogP contribution in [0.25, 0.3) is 11.3 Å². The normalized spacial score (nSPS) is 15.3. The van der Waals surface area contributed by atoms with E-state index in [0.29, 0.717) is 36.1 Å². The van der Waals surface area contributed by atoms with Gasteiger partial charge in [0.15, 0.2) is 5.43 Å². The third-order valence-corrected chi connectivity index (χ3v) is 6.04. The van der Waals surface area contributed by atoms with Crippen molar-refractivity contribution in [3.63, 3.8) is 0 Å². The van der Waals surface area contributed by atoms with Gasteiger partial charge >= 0.3 is 5.97 Å². The Kier molecular flexibility index (Phi) is 7.09. The van der Waals surface area contributed by atoms with Gasteiger partial charge in [0.05, 0.1) is 23.9 Å². The van der Waals surface area contributed by atoms with E-state index in [1.54, 1.807) is 13.2 Å². The maximum absolute atomic E-state index is 12.5. The van der Waals surface area contributed by atoms with Crippen molar-refractivity contribution in [1.29, 1.82) is 0 Å². The lowest BCUT2D eigenvalue weighted by atomic mass is 9.78. The standard InChI is InChI=1S/C23H29ClN2O5/c1-23(2,13-30-4)21-9-14-8-20(31-7-5-6-25-3)17(24)10-15(14)18-11-19(27)16(22(28)29)12-26(18)21/h8,10-12,21,25H,5-7,9,13H2,1-4H3,(H,28,29)/t21-/m0/s1. The van der Waals surface area contributed by atoms with E-state index in [0.717, 1.165) is 24.1 Å². The number of nitrogens with zero attached hydrogens (tertiary/aromatic N) is 1. The van der Waals surface area contributed by atoms with Gasteiger partial charge in [0.25, 0.3) is 0 Å². The second-order valence-corrected chi connectivity index (χ2v) is 8.94. The Morgan fingerprint density at radius 3 is 2.74 bits per heavy atom. The Bertz CT molecular complexity index is 1030. The average Bonchev–Trinajstić information content (AvgIpc) is 2.70. The first-order valence-electron chi connectivity index (χ1n) is 10.3. The van der Waals surface area contributed by atoms with E-state index < -0.39 is 11.4 Å². The largest absolute Gasteiger partial charge is 0.492 e. The third kappa shape index (κ3) is 4.79. The number of ether oxygens (including phenoxy) is 2. The van der Waals surface area contributed by atoms with Crippen LogP contribution in [0.2, 0.25) is 5.02 Å². The van der Waals surface area contributed by atoms with Crippen molar-refractivity contribution < 1.29 is 19.4 Å². The van der Waals surface area contributed by atoms with E-state index in [9.17, 15) is 14.7 Å². The summed E-state index contributed by atoms with van der Waals surface area (Å²) in [6.45, 7) is 6.00. The number of fused-ring (bicyclic) bond motifs is 3.